The van der Waals surface area contributed by atoms with E-state index in [4.69, 9.17) is 0 Å². The van der Waals surface area contributed by atoms with Crippen molar-refractivity contribution >= 4 is 15.7 Å². The molecule has 0 bridgehead atoms. The summed E-state index contributed by atoms with van der Waals surface area (Å²) in [5, 5.41) is 9.55. The smallest absolute Gasteiger partial charge is 0.154 e. The Labute approximate surface area is 107 Å². The second kappa shape index (κ2) is 4.85. The summed E-state index contributed by atoms with van der Waals surface area (Å²) in [5.41, 5.74) is 0.792. The Balaban J connectivity index is 2.24. The number of aliphatic hydroxyl groups excluding tert-OH is 1. The normalized spacial score (nSPS) is 24.8. The maximum Gasteiger partial charge on any atom is 0.154 e. The lowest BCUT2D eigenvalue weighted by Gasteiger charge is -2.34. The van der Waals surface area contributed by atoms with E-state index in [0.717, 1.165) is 11.4 Å². The van der Waals surface area contributed by atoms with Crippen molar-refractivity contribution < 1.29 is 13.5 Å². The molecule has 0 radical (unpaired) electrons. The number of anilines is 1. The van der Waals surface area contributed by atoms with E-state index in [1.165, 1.54) is 0 Å². The molecule has 1 saturated heterocycles. The molecule has 1 aromatic rings. The van der Waals surface area contributed by atoms with Crippen LogP contribution in [0, 0.1) is 0 Å². The summed E-state index contributed by atoms with van der Waals surface area (Å²) in [5.74, 6) is 1.06. The second-order valence-corrected chi connectivity index (χ2v) is 7.01. The highest BCUT2D eigenvalue weighted by Gasteiger charge is 2.28. The van der Waals surface area contributed by atoms with Gasteiger partial charge in [-0.2, -0.15) is 0 Å². The molecule has 100 valence electrons. The van der Waals surface area contributed by atoms with Gasteiger partial charge in [-0.1, -0.05) is 0 Å². The topological polar surface area (TPSA) is 70.5 Å². The van der Waals surface area contributed by atoms with Crippen LogP contribution in [0.15, 0.2) is 18.3 Å². The molecule has 0 aromatic carbocycles. The highest BCUT2D eigenvalue weighted by atomic mass is 32.2. The third-order valence-corrected chi connectivity index (χ3v) is 5.01. The molecular weight excluding hydrogens is 252 g/mol. The zero-order valence-corrected chi connectivity index (χ0v) is 11.4. The van der Waals surface area contributed by atoms with Gasteiger partial charge in [0.15, 0.2) is 9.84 Å². The fourth-order valence-corrected chi connectivity index (χ4v) is 3.75. The third kappa shape index (κ3) is 2.81. The van der Waals surface area contributed by atoms with E-state index in [1.54, 1.807) is 19.2 Å². The van der Waals surface area contributed by atoms with E-state index < -0.39 is 15.9 Å². The maximum absolute atomic E-state index is 11.5. The van der Waals surface area contributed by atoms with Crippen LogP contribution in [0.4, 0.5) is 5.82 Å². The first kappa shape index (κ1) is 13.3. The van der Waals surface area contributed by atoms with Crippen LogP contribution < -0.4 is 4.90 Å². The van der Waals surface area contributed by atoms with Crippen molar-refractivity contribution in [2.45, 2.75) is 26.0 Å². The van der Waals surface area contributed by atoms with Gasteiger partial charge < -0.3 is 10.0 Å². The first-order chi connectivity index (χ1) is 8.39. The van der Waals surface area contributed by atoms with Crippen molar-refractivity contribution in [1.29, 1.82) is 0 Å². The number of rotatable bonds is 2. The molecule has 2 heterocycles. The van der Waals surface area contributed by atoms with Gasteiger partial charge in [-0.15, -0.1) is 0 Å². The summed E-state index contributed by atoms with van der Waals surface area (Å²) < 4.78 is 23.1. The molecule has 0 spiro atoms. The number of aliphatic hydroxyl groups is 1. The van der Waals surface area contributed by atoms with Gasteiger partial charge in [-0.25, -0.2) is 13.4 Å². The van der Waals surface area contributed by atoms with Crippen LogP contribution in [0.25, 0.3) is 0 Å². The zero-order chi connectivity index (χ0) is 13.3. The maximum atomic E-state index is 11.5. The van der Waals surface area contributed by atoms with Crippen LogP contribution in [-0.2, 0) is 9.84 Å². The van der Waals surface area contributed by atoms with Crippen molar-refractivity contribution in [2.24, 2.45) is 0 Å². The summed E-state index contributed by atoms with van der Waals surface area (Å²) in [4.78, 5) is 6.24. The van der Waals surface area contributed by atoms with E-state index in [-0.39, 0.29) is 17.5 Å². The molecule has 1 aliphatic rings. The molecule has 18 heavy (non-hydrogen) atoms. The van der Waals surface area contributed by atoms with Crippen LogP contribution in [-0.4, -0.2) is 42.6 Å². The average molecular weight is 270 g/mol. The fraction of sp³-hybridized carbons (Fsp3) is 0.583. The lowest BCUT2D eigenvalue weighted by atomic mass is 10.1. The first-order valence-electron chi connectivity index (χ1n) is 6.00. The number of sulfone groups is 1. The fourth-order valence-electron chi connectivity index (χ4n) is 2.19. The molecule has 1 unspecified atom stereocenters. The van der Waals surface area contributed by atoms with Crippen LogP contribution in [0.1, 0.15) is 25.5 Å². The van der Waals surface area contributed by atoms with Crippen LogP contribution in [0.3, 0.4) is 0 Å². The largest absolute Gasteiger partial charge is 0.389 e. The number of hydrogen-bond acceptors (Lipinski definition) is 5. The van der Waals surface area contributed by atoms with E-state index in [9.17, 15) is 13.5 Å². The SMILES string of the molecule is CC1CS(=O)(=O)CCN1c1cc([C@@H](C)O)ccn1. The standard InChI is InChI=1S/C12H18N2O3S/c1-9-8-18(16,17)6-5-14(9)12-7-11(10(2)15)3-4-13-12/h3-4,7,9-10,15H,5-6,8H2,1-2H3/t9?,10-/m1/s1. The van der Waals surface area contributed by atoms with Gasteiger partial charge in [0.1, 0.15) is 5.82 Å². The number of nitrogens with zero attached hydrogens (tertiary/aromatic N) is 2. The summed E-state index contributed by atoms with van der Waals surface area (Å²) in [6.45, 7) is 4.04. The Hall–Kier alpha value is -1.14. The molecule has 0 aliphatic carbocycles. The molecule has 6 heteroatoms. The Kier molecular flexibility index (Phi) is 3.59. The number of aromatic nitrogens is 1. The minimum Gasteiger partial charge on any atom is -0.389 e. The Bertz CT molecular complexity index is 528. The van der Waals surface area contributed by atoms with Gasteiger partial charge in [-0.05, 0) is 31.5 Å². The quantitative estimate of drug-likeness (QED) is 0.859. The van der Waals surface area contributed by atoms with E-state index in [1.807, 2.05) is 17.9 Å². The predicted molar refractivity (Wildman–Crippen MR) is 70.3 cm³/mol. The Morgan fingerprint density at radius 2 is 2.28 bits per heavy atom. The molecule has 2 atom stereocenters. The molecule has 1 aromatic heterocycles. The van der Waals surface area contributed by atoms with E-state index in [2.05, 4.69) is 4.98 Å². The lowest BCUT2D eigenvalue weighted by Crippen LogP contribution is -2.47. The summed E-state index contributed by atoms with van der Waals surface area (Å²) >= 11 is 0. The summed E-state index contributed by atoms with van der Waals surface area (Å²) in [7, 11) is -2.92. The minimum atomic E-state index is -2.92. The zero-order valence-electron chi connectivity index (χ0n) is 10.6. The highest BCUT2D eigenvalue weighted by molar-refractivity contribution is 7.91. The molecule has 1 N–H and O–H groups in total. The van der Waals surface area contributed by atoms with Crippen molar-refractivity contribution in [2.75, 3.05) is 23.0 Å². The van der Waals surface area contributed by atoms with E-state index in [0.29, 0.717) is 6.54 Å². The molecule has 1 fully saturated rings. The summed E-state index contributed by atoms with van der Waals surface area (Å²) in [6, 6.07) is 3.50. The predicted octanol–water partition coefficient (Wildman–Crippen LogP) is 0.758. The van der Waals surface area contributed by atoms with Gasteiger partial charge in [0, 0.05) is 18.8 Å². The lowest BCUT2D eigenvalue weighted by molar-refractivity contribution is 0.199. The van der Waals surface area contributed by atoms with Crippen molar-refractivity contribution in [3.8, 4) is 0 Å². The Morgan fingerprint density at radius 3 is 2.89 bits per heavy atom. The van der Waals surface area contributed by atoms with Crippen LogP contribution in [0.5, 0.6) is 0 Å². The van der Waals surface area contributed by atoms with E-state index >= 15 is 0 Å². The van der Waals surface area contributed by atoms with Gasteiger partial charge in [0.25, 0.3) is 0 Å². The number of pyridine rings is 1. The van der Waals surface area contributed by atoms with Crippen LogP contribution >= 0.6 is 0 Å². The van der Waals surface area contributed by atoms with Crippen LogP contribution in [0.2, 0.25) is 0 Å². The van der Waals surface area contributed by atoms with Gasteiger partial charge >= 0.3 is 0 Å². The van der Waals surface area contributed by atoms with Gasteiger partial charge in [0.05, 0.1) is 17.6 Å². The average Bonchev–Trinajstić information content (AvgIpc) is 2.28. The third-order valence-electron chi connectivity index (χ3n) is 3.22. The minimum absolute atomic E-state index is 0.0829. The molecule has 1 aliphatic heterocycles. The second-order valence-electron chi connectivity index (χ2n) is 4.78. The van der Waals surface area contributed by atoms with Crippen molar-refractivity contribution in [1.82, 2.24) is 4.98 Å². The van der Waals surface area contributed by atoms with Gasteiger partial charge in [0.2, 0.25) is 0 Å². The van der Waals surface area contributed by atoms with Gasteiger partial charge in [-0.3, -0.25) is 0 Å². The monoisotopic (exact) mass is 270 g/mol. The Morgan fingerprint density at radius 1 is 1.56 bits per heavy atom. The van der Waals surface area contributed by atoms with Crippen molar-refractivity contribution in [3.63, 3.8) is 0 Å². The van der Waals surface area contributed by atoms with Crippen molar-refractivity contribution in [3.05, 3.63) is 23.9 Å². The summed E-state index contributed by atoms with van der Waals surface area (Å²) in [6.07, 6.45) is 1.10. The molecular formula is C12H18N2O3S. The molecule has 0 amide bonds. The molecule has 0 saturated carbocycles. The molecule has 5 nitrogen and oxygen atoms in total. The highest BCUT2D eigenvalue weighted by Crippen LogP contribution is 2.22. The molecule has 2 rings (SSSR count). The number of hydrogen-bond donors (Lipinski definition) is 1. The first-order valence-corrected chi connectivity index (χ1v) is 7.82.